The van der Waals surface area contributed by atoms with Gasteiger partial charge in [0, 0.05) is 40.8 Å². The molecule has 6 nitrogen and oxygen atoms in total. The molecule has 0 amide bonds. The normalized spacial score (nSPS) is 17.2. The minimum Gasteiger partial charge on any atom is -0.386 e. The second-order valence-corrected chi connectivity index (χ2v) is 13.2. The fourth-order valence-electron chi connectivity index (χ4n) is 7.75. The molecule has 1 fully saturated rings. The number of hydrazine groups is 2. The van der Waals surface area contributed by atoms with Gasteiger partial charge in [-0.05, 0) is 64.7 Å². The van der Waals surface area contributed by atoms with Crippen LogP contribution in [0.1, 0.15) is 17.3 Å². The van der Waals surface area contributed by atoms with Crippen molar-refractivity contribution in [1.29, 1.82) is 0 Å². The van der Waals surface area contributed by atoms with Gasteiger partial charge < -0.3 is 14.5 Å². The lowest BCUT2D eigenvalue weighted by molar-refractivity contribution is 0.0187. The number of hydrogen-bond donors (Lipinski definition) is 2. The highest BCUT2D eigenvalue weighted by molar-refractivity contribution is 6.12. The minimum atomic E-state index is 0.155. The number of aromatic nitrogens is 2. The van der Waals surface area contributed by atoms with Gasteiger partial charge in [-0.2, -0.15) is 5.12 Å². The molecule has 2 aliphatic rings. The molecule has 2 atom stereocenters. The first-order valence-corrected chi connectivity index (χ1v) is 17.3. The Morgan fingerprint density at radius 3 is 1.94 bits per heavy atom. The van der Waals surface area contributed by atoms with Crippen LogP contribution in [0.25, 0.3) is 60.4 Å². The number of para-hydroxylation sites is 2. The van der Waals surface area contributed by atoms with Gasteiger partial charge in [-0.3, -0.25) is 0 Å². The Morgan fingerprint density at radius 2 is 1.20 bits per heavy atom. The lowest BCUT2D eigenvalue weighted by Crippen LogP contribution is -2.33. The van der Waals surface area contributed by atoms with Crippen LogP contribution in [0.2, 0.25) is 0 Å². The highest BCUT2D eigenvalue weighted by Gasteiger charge is 2.40. The van der Waals surface area contributed by atoms with E-state index in [0.29, 0.717) is 6.67 Å². The van der Waals surface area contributed by atoms with Crippen LogP contribution < -0.4 is 10.7 Å². The summed E-state index contributed by atoms with van der Waals surface area (Å²) in [6.07, 6.45) is 6.65. The smallest absolute Gasteiger partial charge is 0.129 e. The molecule has 2 aliphatic heterocycles. The predicted octanol–water partition coefficient (Wildman–Crippen LogP) is 9.42. The largest absolute Gasteiger partial charge is 0.386 e. The van der Waals surface area contributed by atoms with Crippen LogP contribution in [0.15, 0.2) is 164 Å². The maximum Gasteiger partial charge on any atom is 0.129 e. The first-order chi connectivity index (χ1) is 24.8. The van der Waals surface area contributed by atoms with Gasteiger partial charge in [0.1, 0.15) is 6.17 Å². The van der Waals surface area contributed by atoms with Crippen molar-refractivity contribution in [3.8, 4) is 11.1 Å². The molecule has 2 unspecified atom stereocenters. The van der Waals surface area contributed by atoms with Gasteiger partial charge in [0.15, 0.2) is 0 Å². The summed E-state index contributed by atoms with van der Waals surface area (Å²) < 4.78 is 4.83. The Bertz CT molecular complexity index is 2590. The van der Waals surface area contributed by atoms with E-state index in [2.05, 4.69) is 194 Å². The van der Waals surface area contributed by atoms with E-state index >= 15 is 0 Å². The van der Waals surface area contributed by atoms with E-state index in [1.807, 2.05) is 0 Å². The number of benzene rings is 6. The van der Waals surface area contributed by atoms with Crippen LogP contribution >= 0.6 is 0 Å². The fraction of sp³-hybridized carbons (Fsp3) is 0.0909. The average Bonchev–Trinajstić information content (AvgIpc) is 3.84. The minimum absolute atomic E-state index is 0.155. The van der Waals surface area contributed by atoms with E-state index in [0.717, 1.165) is 18.8 Å². The Morgan fingerprint density at radius 1 is 0.600 bits per heavy atom. The lowest BCUT2D eigenvalue weighted by atomic mass is 10.0. The van der Waals surface area contributed by atoms with Gasteiger partial charge in [-0.1, -0.05) is 115 Å². The number of nitrogens with one attached hydrogen (secondary N) is 2. The topological polar surface area (TPSA) is 50.1 Å². The molecule has 2 N–H and O–H groups in total. The van der Waals surface area contributed by atoms with Crippen LogP contribution in [0, 0.1) is 0 Å². The third-order valence-electron chi connectivity index (χ3n) is 10.2. The standard InChI is InChI=1S/C44H36N6/c1-3-12-31(13-4-1)29-47(50-44(46-50)32-14-5-2-6-15-32)30-48-40-19-9-7-17-36(40)38-26-33(21-23-41(38)48)34-22-24-43-39(27-34)37-18-8-10-20-42(37)49(43)35-16-11-25-45-28-35/h1-24,26-28,44-46H,25,29-30H2. The lowest BCUT2D eigenvalue weighted by Gasteiger charge is -2.24. The maximum atomic E-state index is 3.63. The van der Waals surface area contributed by atoms with Crippen molar-refractivity contribution in [3.05, 3.63) is 175 Å². The quantitative estimate of drug-likeness (QED) is 0.161. The van der Waals surface area contributed by atoms with Crippen molar-refractivity contribution in [3.63, 3.8) is 0 Å². The highest BCUT2D eigenvalue weighted by Crippen LogP contribution is 2.38. The summed E-state index contributed by atoms with van der Waals surface area (Å²) in [5.74, 6) is 0. The number of rotatable bonds is 8. The number of dihydropyridines is 1. The highest BCUT2D eigenvalue weighted by atomic mass is 16.0. The monoisotopic (exact) mass is 648 g/mol. The molecule has 0 radical (unpaired) electrons. The Labute approximate surface area is 290 Å². The molecule has 50 heavy (non-hydrogen) atoms. The molecule has 2 aromatic heterocycles. The van der Waals surface area contributed by atoms with Gasteiger partial charge in [0.05, 0.1) is 34.4 Å². The van der Waals surface area contributed by atoms with Crippen molar-refractivity contribution < 1.29 is 0 Å². The summed E-state index contributed by atoms with van der Waals surface area (Å²) in [7, 11) is 0. The first kappa shape index (κ1) is 29.0. The third kappa shape index (κ3) is 4.92. The van der Waals surface area contributed by atoms with Gasteiger partial charge in [0.2, 0.25) is 0 Å². The molecule has 10 rings (SSSR count). The summed E-state index contributed by atoms with van der Waals surface area (Å²) >= 11 is 0. The van der Waals surface area contributed by atoms with Crippen molar-refractivity contribution in [1.82, 2.24) is 30.0 Å². The third-order valence-corrected chi connectivity index (χ3v) is 10.2. The van der Waals surface area contributed by atoms with Crippen LogP contribution in [0.4, 0.5) is 0 Å². The van der Waals surface area contributed by atoms with Crippen LogP contribution in [-0.2, 0) is 13.2 Å². The predicted molar refractivity (Wildman–Crippen MR) is 205 cm³/mol. The second-order valence-electron chi connectivity index (χ2n) is 13.2. The molecule has 1 saturated heterocycles. The Hall–Kier alpha value is -5.92. The van der Waals surface area contributed by atoms with Crippen molar-refractivity contribution in [2.45, 2.75) is 19.4 Å². The maximum absolute atomic E-state index is 3.63. The van der Waals surface area contributed by atoms with Crippen LogP contribution in [0.5, 0.6) is 0 Å². The van der Waals surface area contributed by atoms with E-state index in [1.54, 1.807) is 0 Å². The zero-order valence-electron chi connectivity index (χ0n) is 27.6. The van der Waals surface area contributed by atoms with Gasteiger partial charge in [-0.25, -0.2) is 10.4 Å². The molecule has 0 aliphatic carbocycles. The van der Waals surface area contributed by atoms with Crippen molar-refractivity contribution in [2.24, 2.45) is 0 Å². The molecule has 8 aromatic rings. The molecular formula is C44H36N6. The van der Waals surface area contributed by atoms with Gasteiger partial charge >= 0.3 is 0 Å². The summed E-state index contributed by atoms with van der Waals surface area (Å²) in [6, 6.07) is 52.9. The summed E-state index contributed by atoms with van der Waals surface area (Å²) in [5, 5.41) is 13.1. The molecule has 4 heterocycles. The zero-order chi connectivity index (χ0) is 33.0. The molecule has 242 valence electrons. The summed E-state index contributed by atoms with van der Waals surface area (Å²) in [6.45, 7) is 2.36. The summed E-state index contributed by atoms with van der Waals surface area (Å²) in [4.78, 5) is 0. The fourth-order valence-corrected chi connectivity index (χ4v) is 7.75. The van der Waals surface area contributed by atoms with E-state index in [1.165, 1.54) is 65.9 Å². The van der Waals surface area contributed by atoms with E-state index in [-0.39, 0.29) is 6.17 Å². The van der Waals surface area contributed by atoms with Crippen LogP contribution in [0.3, 0.4) is 0 Å². The molecule has 0 saturated carbocycles. The number of fused-ring (bicyclic) bond motifs is 6. The Balaban J connectivity index is 1.06. The van der Waals surface area contributed by atoms with Crippen molar-refractivity contribution in [2.75, 3.05) is 6.54 Å². The van der Waals surface area contributed by atoms with E-state index in [4.69, 9.17) is 0 Å². The van der Waals surface area contributed by atoms with E-state index in [9.17, 15) is 0 Å². The van der Waals surface area contributed by atoms with E-state index < -0.39 is 0 Å². The second kappa shape index (κ2) is 11.9. The van der Waals surface area contributed by atoms with Gasteiger partial charge in [0.25, 0.3) is 0 Å². The molecule has 6 aromatic carbocycles. The SMILES string of the molecule is C1=CC(n2c3ccccc3c3cc(-c4ccc5c(c4)c4ccccc4n5CN(Cc4ccccc4)N4NC4c4ccccc4)ccc32)=CNC1. The number of hydrogen-bond acceptors (Lipinski definition) is 4. The number of nitrogens with zero attached hydrogens (tertiary/aromatic N) is 4. The number of allylic oxidation sites excluding steroid dienone is 2. The Kier molecular flexibility index (Phi) is 6.91. The molecule has 6 heteroatoms. The molecule has 0 spiro atoms. The molecular weight excluding hydrogens is 613 g/mol. The van der Waals surface area contributed by atoms with Crippen LogP contribution in [-0.4, -0.2) is 25.8 Å². The molecule has 0 bridgehead atoms. The summed E-state index contributed by atoms with van der Waals surface area (Å²) in [5.41, 5.74) is 14.6. The average molecular weight is 649 g/mol. The van der Waals surface area contributed by atoms with Crippen molar-refractivity contribution >= 4 is 49.3 Å². The zero-order valence-corrected chi connectivity index (χ0v) is 27.6. The van der Waals surface area contributed by atoms with Gasteiger partial charge in [-0.15, -0.1) is 0 Å². The first-order valence-electron chi connectivity index (χ1n) is 17.3.